The molecule has 0 aromatic carbocycles. The van der Waals surface area contributed by atoms with E-state index < -0.39 is 0 Å². The summed E-state index contributed by atoms with van der Waals surface area (Å²) in [5.74, 6) is 0. The molecule has 0 aliphatic rings. The molecule has 0 aliphatic carbocycles. The van der Waals surface area contributed by atoms with Crippen molar-refractivity contribution in [3.05, 3.63) is 12.3 Å². The van der Waals surface area contributed by atoms with Gasteiger partial charge in [-0.25, -0.2) is 0 Å². The fourth-order valence-corrected chi connectivity index (χ4v) is 2.13. The molecule has 0 aromatic rings. The van der Waals surface area contributed by atoms with Crippen LogP contribution in [0.2, 0.25) is 0 Å². The zero-order valence-electron chi connectivity index (χ0n) is 12.3. The Morgan fingerprint density at radius 1 is 1.06 bits per heavy atom. The van der Waals surface area contributed by atoms with E-state index in [-0.39, 0.29) is 0 Å². The minimum atomic E-state index is 0.310. The van der Waals surface area contributed by atoms with Crippen molar-refractivity contribution in [2.45, 2.75) is 50.6 Å². The van der Waals surface area contributed by atoms with Crippen LogP contribution in [-0.2, 0) is 0 Å². The zero-order valence-corrected chi connectivity index (χ0v) is 12.3. The fourth-order valence-electron chi connectivity index (χ4n) is 2.13. The standard InChI is InChI=1S/C14H31N3O/c1-12(15-2)14(17-4)11-13(16-3)9-7-5-6-8-10-18/h13-18H,1,5-11H2,2-4H3. The quantitative estimate of drug-likeness (QED) is 0.397. The lowest BCUT2D eigenvalue weighted by molar-refractivity contribution is 0.281. The molecule has 0 spiro atoms. The van der Waals surface area contributed by atoms with Gasteiger partial charge in [0.05, 0.1) is 0 Å². The molecule has 0 aromatic heterocycles. The van der Waals surface area contributed by atoms with Gasteiger partial charge >= 0.3 is 0 Å². The topological polar surface area (TPSA) is 56.3 Å². The lowest BCUT2D eigenvalue weighted by Gasteiger charge is -2.24. The number of aliphatic hydroxyl groups is 1. The molecular formula is C14H31N3O. The number of nitrogens with one attached hydrogen (secondary N) is 3. The van der Waals surface area contributed by atoms with Gasteiger partial charge in [-0.05, 0) is 33.4 Å². The van der Waals surface area contributed by atoms with Crippen LogP contribution in [0.5, 0.6) is 0 Å². The minimum absolute atomic E-state index is 0.310. The molecule has 108 valence electrons. The summed E-state index contributed by atoms with van der Waals surface area (Å²) in [5, 5.41) is 18.5. The molecule has 0 heterocycles. The number of unbranched alkanes of at least 4 members (excludes halogenated alkanes) is 3. The smallest absolute Gasteiger partial charge is 0.0475 e. The predicted octanol–water partition coefficient (Wildman–Crippen LogP) is 1.23. The van der Waals surface area contributed by atoms with Crippen molar-refractivity contribution in [1.29, 1.82) is 0 Å². The number of hydrogen-bond donors (Lipinski definition) is 4. The largest absolute Gasteiger partial charge is 0.396 e. The van der Waals surface area contributed by atoms with E-state index in [0.717, 1.165) is 25.0 Å². The minimum Gasteiger partial charge on any atom is -0.396 e. The molecule has 2 atom stereocenters. The van der Waals surface area contributed by atoms with E-state index in [2.05, 4.69) is 22.5 Å². The van der Waals surface area contributed by atoms with Crippen LogP contribution in [0.1, 0.15) is 38.5 Å². The van der Waals surface area contributed by atoms with Crippen LogP contribution in [0.25, 0.3) is 0 Å². The third-order valence-electron chi connectivity index (χ3n) is 3.48. The monoisotopic (exact) mass is 257 g/mol. The van der Waals surface area contributed by atoms with Gasteiger partial charge in [0.15, 0.2) is 0 Å². The number of rotatable bonds is 12. The maximum Gasteiger partial charge on any atom is 0.0475 e. The Morgan fingerprint density at radius 2 is 1.72 bits per heavy atom. The maximum atomic E-state index is 8.72. The lowest BCUT2D eigenvalue weighted by Crippen LogP contribution is -2.39. The Morgan fingerprint density at radius 3 is 2.22 bits per heavy atom. The predicted molar refractivity (Wildman–Crippen MR) is 78.7 cm³/mol. The highest BCUT2D eigenvalue weighted by Gasteiger charge is 2.15. The van der Waals surface area contributed by atoms with Gasteiger partial charge in [-0.3, -0.25) is 0 Å². The van der Waals surface area contributed by atoms with Gasteiger partial charge in [0, 0.05) is 31.4 Å². The average molecular weight is 257 g/mol. The lowest BCUT2D eigenvalue weighted by atomic mass is 9.99. The molecule has 0 amide bonds. The van der Waals surface area contributed by atoms with Gasteiger partial charge in [-0.1, -0.05) is 25.8 Å². The molecule has 2 unspecified atom stereocenters. The van der Waals surface area contributed by atoms with Crippen LogP contribution in [0.3, 0.4) is 0 Å². The van der Waals surface area contributed by atoms with E-state index in [0.29, 0.717) is 18.7 Å². The number of hydrogen-bond acceptors (Lipinski definition) is 4. The van der Waals surface area contributed by atoms with E-state index in [1.807, 2.05) is 21.1 Å². The second-order valence-electron chi connectivity index (χ2n) is 4.76. The molecule has 0 saturated carbocycles. The van der Waals surface area contributed by atoms with Crippen molar-refractivity contribution in [1.82, 2.24) is 16.0 Å². The van der Waals surface area contributed by atoms with Crippen LogP contribution in [0, 0.1) is 0 Å². The Hall–Kier alpha value is -0.580. The molecule has 18 heavy (non-hydrogen) atoms. The van der Waals surface area contributed by atoms with Crippen molar-refractivity contribution in [2.24, 2.45) is 0 Å². The van der Waals surface area contributed by atoms with Gasteiger partial charge in [-0.2, -0.15) is 0 Å². The third-order valence-corrected chi connectivity index (χ3v) is 3.48. The Bertz CT molecular complexity index is 209. The van der Waals surface area contributed by atoms with E-state index in [9.17, 15) is 0 Å². The summed E-state index contributed by atoms with van der Waals surface area (Å²) in [7, 11) is 5.91. The number of aliphatic hydroxyl groups excluding tert-OH is 1. The van der Waals surface area contributed by atoms with Gasteiger partial charge in [-0.15, -0.1) is 0 Å². The molecule has 0 fully saturated rings. The summed E-state index contributed by atoms with van der Waals surface area (Å²) < 4.78 is 0. The average Bonchev–Trinajstić information content (AvgIpc) is 2.41. The molecule has 0 bridgehead atoms. The van der Waals surface area contributed by atoms with Crippen molar-refractivity contribution in [2.75, 3.05) is 27.7 Å². The SMILES string of the molecule is C=C(NC)C(CC(CCCCCCO)NC)NC. The summed E-state index contributed by atoms with van der Waals surface area (Å²) >= 11 is 0. The molecule has 4 heteroatoms. The van der Waals surface area contributed by atoms with Gasteiger partial charge in [0.2, 0.25) is 0 Å². The maximum absolute atomic E-state index is 8.72. The Labute approximate surface area is 112 Å². The van der Waals surface area contributed by atoms with Crippen LogP contribution in [0.15, 0.2) is 12.3 Å². The third kappa shape index (κ3) is 7.69. The van der Waals surface area contributed by atoms with Crippen LogP contribution in [-0.4, -0.2) is 44.9 Å². The second-order valence-corrected chi connectivity index (χ2v) is 4.76. The van der Waals surface area contributed by atoms with Gasteiger partial charge in [0.1, 0.15) is 0 Å². The molecule has 4 nitrogen and oxygen atoms in total. The molecule has 0 radical (unpaired) electrons. The highest BCUT2D eigenvalue weighted by atomic mass is 16.2. The van der Waals surface area contributed by atoms with Crippen LogP contribution >= 0.6 is 0 Å². The van der Waals surface area contributed by atoms with Gasteiger partial charge < -0.3 is 21.1 Å². The highest BCUT2D eigenvalue weighted by Crippen LogP contribution is 2.12. The molecule has 0 saturated heterocycles. The Kier molecular flexibility index (Phi) is 11.1. The number of likely N-dealkylation sites (N-methyl/N-ethyl adjacent to an activating group) is 2. The van der Waals surface area contributed by atoms with Gasteiger partial charge in [0.25, 0.3) is 0 Å². The summed E-state index contributed by atoms with van der Waals surface area (Å²) in [6.45, 7) is 4.34. The highest BCUT2D eigenvalue weighted by molar-refractivity contribution is 5.03. The first kappa shape index (κ1) is 17.4. The first-order chi connectivity index (χ1) is 8.69. The van der Waals surface area contributed by atoms with Crippen molar-refractivity contribution in [3.8, 4) is 0 Å². The first-order valence-electron chi connectivity index (χ1n) is 7.01. The molecule has 4 N–H and O–H groups in total. The summed E-state index contributed by atoms with van der Waals surface area (Å²) in [6, 6.07) is 0.826. The van der Waals surface area contributed by atoms with E-state index in [1.165, 1.54) is 19.3 Å². The van der Waals surface area contributed by atoms with E-state index in [4.69, 9.17) is 5.11 Å². The second kappa shape index (κ2) is 11.5. The first-order valence-corrected chi connectivity index (χ1v) is 7.01. The molecule has 0 rings (SSSR count). The molecular weight excluding hydrogens is 226 g/mol. The van der Waals surface area contributed by atoms with Crippen molar-refractivity contribution >= 4 is 0 Å². The Balaban J connectivity index is 3.89. The normalized spacial score (nSPS) is 14.2. The van der Waals surface area contributed by atoms with Crippen molar-refractivity contribution in [3.63, 3.8) is 0 Å². The molecule has 0 aliphatic heterocycles. The summed E-state index contributed by atoms with van der Waals surface area (Å²) in [4.78, 5) is 0. The van der Waals surface area contributed by atoms with Crippen molar-refractivity contribution < 1.29 is 5.11 Å². The zero-order chi connectivity index (χ0) is 13.8. The summed E-state index contributed by atoms with van der Waals surface area (Å²) in [5.41, 5.74) is 1.04. The fraction of sp³-hybridized carbons (Fsp3) is 0.857. The van der Waals surface area contributed by atoms with E-state index in [1.54, 1.807) is 0 Å². The van der Waals surface area contributed by atoms with Crippen LogP contribution < -0.4 is 16.0 Å². The van der Waals surface area contributed by atoms with E-state index >= 15 is 0 Å². The van der Waals surface area contributed by atoms with Crippen LogP contribution in [0.4, 0.5) is 0 Å². The summed E-state index contributed by atoms with van der Waals surface area (Å²) in [6.07, 6.45) is 6.71.